The van der Waals surface area contributed by atoms with Crippen LogP contribution in [-0.4, -0.2) is 12.6 Å². The first-order valence-corrected chi connectivity index (χ1v) is 1.63. The zero-order valence-corrected chi connectivity index (χ0v) is 3.49. The predicted octanol–water partition coefficient (Wildman–Crippen LogP) is 0.140. The van der Waals surface area contributed by atoms with E-state index in [1.165, 1.54) is 6.54 Å². The Kier molecular flexibility index (Phi) is 1.36. The predicted molar refractivity (Wildman–Crippen MR) is 22.5 cm³/mol. The van der Waals surface area contributed by atoms with Gasteiger partial charge in [-0.2, -0.15) is 0 Å². The highest BCUT2D eigenvalue weighted by atomic mass is 15.1. The van der Waals surface area contributed by atoms with E-state index in [0.717, 1.165) is 6.04 Å². The van der Waals surface area contributed by atoms with Crippen LogP contribution in [-0.2, 0) is 0 Å². The van der Waals surface area contributed by atoms with E-state index in [-0.39, 0.29) is 6.15 Å². The summed E-state index contributed by atoms with van der Waals surface area (Å²) in [4.78, 5) is 0. The Hall–Kier alpha value is -0.0800. The van der Waals surface area contributed by atoms with Gasteiger partial charge in [-0.05, 0) is 6.92 Å². The fraction of sp³-hybridized carbons (Fsp3) is 1.00. The van der Waals surface area contributed by atoms with Crippen LogP contribution in [0.15, 0.2) is 0 Å². The molecule has 4 N–H and O–H groups in total. The molecule has 0 aromatic rings. The molecule has 1 heterocycles. The van der Waals surface area contributed by atoms with Crippen LogP contribution in [0, 0.1) is 0 Å². The fourth-order valence-electron chi connectivity index (χ4n) is 0.118. The summed E-state index contributed by atoms with van der Waals surface area (Å²) in [5.74, 6) is 0. The normalized spacial score (nSPS) is 31.8. The van der Waals surface area contributed by atoms with Crippen molar-refractivity contribution in [3.8, 4) is 0 Å². The number of hydrogen-bond acceptors (Lipinski definition) is 2. The van der Waals surface area contributed by atoms with E-state index in [4.69, 9.17) is 0 Å². The van der Waals surface area contributed by atoms with Gasteiger partial charge in [0.25, 0.3) is 0 Å². The van der Waals surface area contributed by atoms with Gasteiger partial charge < -0.3 is 11.5 Å². The van der Waals surface area contributed by atoms with Gasteiger partial charge in [0, 0.05) is 12.6 Å². The fourth-order valence-corrected chi connectivity index (χ4v) is 0.118. The van der Waals surface area contributed by atoms with Crippen LogP contribution in [0.2, 0.25) is 0 Å². The van der Waals surface area contributed by atoms with Crippen molar-refractivity contribution in [3.05, 3.63) is 0 Å². The van der Waals surface area contributed by atoms with Gasteiger partial charge in [-0.15, -0.1) is 0 Å². The Morgan fingerprint density at radius 1 is 1.80 bits per heavy atom. The Bertz CT molecular complexity index is 24.1. The molecule has 2 nitrogen and oxygen atoms in total. The summed E-state index contributed by atoms with van der Waals surface area (Å²) in [5.41, 5.74) is 0. The van der Waals surface area contributed by atoms with Crippen molar-refractivity contribution < 1.29 is 0 Å². The molecular formula is C3H10N2. The zero-order chi connectivity index (χ0) is 2.99. The highest BCUT2D eigenvalue weighted by Gasteiger charge is 2.10. The first kappa shape index (κ1) is 4.92. The van der Waals surface area contributed by atoms with E-state index in [1.54, 1.807) is 0 Å². The summed E-state index contributed by atoms with van der Waals surface area (Å²) in [7, 11) is 0. The summed E-state index contributed by atoms with van der Waals surface area (Å²) < 4.78 is 0. The van der Waals surface area contributed by atoms with Gasteiger partial charge in [0.1, 0.15) is 0 Å². The molecule has 0 aromatic carbocycles. The minimum Gasteiger partial charge on any atom is -0.344 e. The first-order valence-electron chi connectivity index (χ1n) is 1.63. The standard InChI is InChI=1S/C3H7N.H3N/c1-3-2-4-3;/h3-4H,2H2,1H3;1H3. The lowest BCUT2D eigenvalue weighted by atomic mass is 10.6. The van der Waals surface area contributed by atoms with Crippen LogP contribution in [0.5, 0.6) is 0 Å². The lowest BCUT2D eigenvalue weighted by Gasteiger charge is -1.53. The van der Waals surface area contributed by atoms with Gasteiger partial charge in [-0.25, -0.2) is 0 Å². The van der Waals surface area contributed by atoms with Crippen LogP contribution in [0.25, 0.3) is 0 Å². The molecule has 1 saturated heterocycles. The van der Waals surface area contributed by atoms with Crippen molar-refractivity contribution in [2.75, 3.05) is 6.54 Å². The number of hydrogen-bond donors (Lipinski definition) is 2. The Morgan fingerprint density at radius 2 is 2.00 bits per heavy atom. The van der Waals surface area contributed by atoms with Crippen LogP contribution in [0.1, 0.15) is 6.92 Å². The SMILES string of the molecule is CC1CN1.N. The molecule has 0 saturated carbocycles. The molecular weight excluding hydrogens is 64.0 g/mol. The minimum atomic E-state index is 0. The van der Waals surface area contributed by atoms with Crippen LogP contribution in [0.4, 0.5) is 0 Å². The van der Waals surface area contributed by atoms with Gasteiger partial charge >= 0.3 is 0 Å². The van der Waals surface area contributed by atoms with Gasteiger partial charge in [0.2, 0.25) is 0 Å². The lowest BCUT2D eigenvalue weighted by Crippen LogP contribution is -1.72. The van der Waals surface area contributed by atoms with E-state index in [0.29, 0.717) is 0 Å². The Morgan fingerprint density at radius 3 is 2.00 bits per heavy atom. The van der Waals surface area contributed by atoms with E-state index < -0.39 is 0 Å². The molecule has 1 atom stereocenters. The molecule has 1 unspecified atom stereocenters. The Balaban J connectivity index is 0.000000160. The number of rotatable bonds is 0. The van der Waals surface area contributed by atoms with Crippen molar-refractivity contribution >= 4 is 0 Å². The average Bonchev–Trinajstić information content (AvgIpc) is 1.75. The molecule has 0 amide bonds. The quantitative estimate of drug-likeness (QED) is 0.401. The molecule has 1 fully saturated rings. The van der Waals surface area contributed by atoms with Crippen molar-refractivity contribution in [2.45, 2.75) is 13.0 Å². The molecule has 0 aliphatic carbocycles. The van der Waals surface area contributed by atoms with Gasteiger partial charge in [-0.3, -0.25) is 0 Å². The third-order valence-corrected chi connectivity index (χ3v) is 0.612. The molecule has 1 aliphatic heterocycles. The topological polar surface area (TPSA) is 56.9 Å². The highest BCUT2D eigenvalue weighted by molar-refractivity contribution is 4.76. The van der Waals surface area contributed by atoms with E-state index in [2.05, 4.69) is 12.2 Å². The third-order valence-electron chi connectivity index (χ3n) is 0.612. The van der Waals surface area contributed by atoms with Crippen LogP contribution in [0.3, 0.4) is 0 Å². The molecule has 0 spiro atoms. The molecule has 32 valence electrons. The van der Waals surface area contributed by atoms with E-state index >= 15 is 0 Å². The van der Waals surface area contributed by atoms with Crippen LogP contribution >= 0.6 is 0 Å². The smallest absolute Gasteiger partial charge is 0.0164 e. The minimum absolute atomic E-state index is 0. The molecule has 0 bridgehead atoms. The molecule has 1 rings (SSSR count). The van der Waals surface area contributed by atoms with Crippen molar-refractivity contribution in [3.63, 3.8) is 0 Å². The Labute approximate surface area is 32.1 Å². The summed E-state index contributed by atoms with van der Waals surface area (Å²) in [6.07, 6.45) is 0. The molecule has 1 aliphatic rings. The van der Waals surface area contributed by atoms with Crippen molar-refractivity contribution in [2.24, 2.45) is 0 Å². The maximum absolute atomic E-state index is 3.10. The molecule has 0 aromatic heterocycles. The highest BCUT2D eigenvalue weighted by Crippen LogP contribution is 1.88. The van der Waals surface area contributed by atoms with E-state index in [9.17, 15) is 0 Å². The van der Waals surface area contributed by atoms with Crippen molar-refractivity contribution in [1.82, 2.24) is 11.5 Å². The molecule has 2 heteroatoms. The van der Waals surface area contributed by atoms with Crippen LogP contribution < -0.4 is 11.5 Å². The first-order chi connectivity index (χ1) is 1.89. The third kappa shape index (κ3) is 1.69. The second-order valence-electron chi connectivity index (χ2n) is 1.31. The second-order valence-corrected chi connectivity index (χ2v) is 1.31. The summed E-state index contributed by atoms with van der Waals surface area (Å²) in [5, 5.41) is 3.10. The monoisotopic (exact) mass is 74.1 g/mol. The second kappa shape index (κ2) is 1.38. The van der Waals surface area contributed by atoms with Gasteiger partial charge in [-0.1, -0.05) is 0 Å². The molecule has 0 radical (unpaired) electrons. The largest absolute Gasteiger partial charge is 0.344 e. The summed E-state index contributed by atoms with van der Waals surface area (Å²) in [6.45, 7) is 3.40. The summed E-state index contributed by atoms with van der Waals surface area (Å²) in [6, 6.07) is 0.833. The average molecular weight is 74.1 g/mol. The van der Waals surface area contributed by atoms with Crippen molar-refractivity contribution in [1.29, 1.82) is 0 Å². The van der Waals surface area contributed by atoms with Gasteiger partial charge in [0.05, 0.1) is 0 Å². The van der Waals surface area contributed by atoms with Gasteiger partial charge in [0.15, 0.2) is 0 Å². The zero-order valence-electron chi connectivity index (χ0n) is 3.49. The lowest BCUT2D eigenvalue weighted by molar-refractivity contribution is 1.09. The van der Waals surface area contributed by atoms with E-state index in [1.807, 2.05) is 0 Å². The number of nitrogens with one attached hydrogen (secondary N) is 1. The maximum Gasteiger partial charge on any atom is 0.0164 e. The maximum atomic E-state index is 3.10. The molecule has 5 heavy (non-hydrogen) atoms. The summed E-state index contributed by atoms with van der Waals surface area (Å²) >= 11 is 0.